The number of carbonyl (C=O) groups is 1. The van der Waals surface area contributed by atoms with Crippen LogP contribution in [-0.2, 0) is 11.8 Å². The molecule has 1 aliphatic carbocycles. The first-order valence-corrected chi connectivity index (χ1v) is 10.3. The van der Waals surface area contributed by atoms with Crippen molar-refractivity contribution in [3.63, 3.8) is 0 Å². The number of carboxylic acid groups (broad SMARTS) is 1. The number of ether oxygens (including phenoxy) is 1. The molecule has 0 saturated carbocycles. The van der Waals surface area contributed by atoms with Crippen LogP contribution in [0.2, 0.25) is 0 Å². The maximum Gasteiger partial charge on any atom is 0.336 e. The van der Waals surface area contributed by atoms with E-state index in [1.165, 1.54) is 40.7 Å². The molecule has 0 aliphatic heterocycles. The predicted octanol–water partition coefficient (Wildman–Crippen LogP) is 6.87. The minimum atomic E-state index is -0.913. The summed E-state index contributed by atoms with van der Waals surface area (Å²) in [5.74, 6) is 0.761. The first-order chi connectivity index (χ1) is 13.7. The van der Waals surface area contributed by atoms with Gasteiger partial charge in [0.1, 0.15) is 11.5 Å². The Morgan fingerprint density at radius 2 is 1.79 bits per heavy atom. The quantitative estimate of drug-likeness (QED) is 0.532. The monoisotopic (exact) mass is 388 g/mol. The van der Waals surface area contributed by atoms with Crippen LogP contribution in [0.25, 0.3) is 10.8 Å². The second-order valence-corrected chi connectivity index (χ2v) is 8.89. The fraction of sp³-hybridized carbons (Fsp3) is 0.346. The van der Waals surface area contributed by atoms with Gasteiger partial charge in [-0.2, -0.15) is 0 Å². The van der Waals surface area contributed by atoms with E-state index in [-0.39, 0.29) is 5.41 Å². The van der Waals surface area contributed by atoms with Crippen LogP contribution < -0.4 is 4.74 Å². The van der Waals surface area contributed by atoms with E-state index in [0.29, 0.717) is 5.56 Å². The zero-order valence-corrected chi connectivity index (χ0v) is 17.8. The van der Waals surface area contributed by atoms with Gasteiger partial charge in [0, 0.05) is 0 Å². The molecule has 150 valence electrons. The molecule has 0 bridgehead atoms. The summed E-state index contributed by atoms with van der Waals surface area (Å²) in [6.45, 7) is 11.2. The summed E-state index contributed by atoms with van der Waals surface area (Å²) in [6, 6.07) is 11.0. The van der Waals surface area contributed by atoms with Crippen molar-refractivity contribution < 1.29 is 14.6 Å². The van der Waals surface area contributed by atoms with E-state index in [1.54, 1.807) is 12.1 Å². The highest BCUT2D eigenvalue weighted by Crippen LogP contribution is 2.45. The van der Waals surface area contributed by atoms with E-state index in [1.807, 2.05) is 24.3 Å². The molecule has 3 aromatic carbocycles. The van der Waals surface area contributed by atoms with E-state index < -0.39 is 5.97 Å². The van der Waals surface area contributed by atoms with Crippen molar-refractivity contribution in [1.29, 1.82) is 0 Å². The van der Waals surface area contributed by atoms with Crippen molar-refractivity contribution >= 4 is 16.7 Å². The minimum absolute atomic E-state index is 0.196. The molecule has 0 aromatic heterocycles. The Morgan fingerprint density at radius 1 is 1.03 bits per heavy atom. The highest BCUT2D eigenvalue weighted by molar-refractivity contribution is 6.03. The maximum absolute atomic E-state index is 11.5. The van der Waals surface area contributed by atoms with Crippen molar-refractivity contribution in [2.75, 3.05) is 0 Å². The lowest BCUT2D eigenvalue weighted by Crippen LogP contribution is -2.26. The number of aromatic carboxylic acids is 1. The van der Waals surface area contributed by atoms with Gasteiger partial charge in [-0.1, -0.05) is 26.0 Å². The Labute approximate surface area is 172 Å². The van der Waals surface area contributed by atoms with Crippen molar-refractivity contribution in [3.8, 4) is 11.5 Å². The highest BCUT2D eigenvalue weighted by Gasteiger charge is 2.32. The summed E-state index contributed by atoms with van der Waals surface area (Å²) in [5.41, 5.74) is 7.20. The van der Waals surface area contributed by atoms with Gasteiger partial charge in [0.25, 0.3) is 0 Å². The second-order valence-electron chi connectivity index (χ2n) is 8.89. The van der Waals surface area contributed by atoms with Crippen LogP contribution in [0, 0.1) is 20.8 Å². The molecular weight excluding hydrogens is 360 g/mol. The fourth-order valence-electron chi connectivity index (χ4n) is 5.03. The molecule has 0 fully saturated rings. The molecule has 0 saturated heterocycles. The molecule has 29 heavy (non-hydrogen) atoms. The number of hydrogen-bond acceptors (Lipinski definition) is 2. The molecule has 1 N–H and O–H groups in total. The average Bonchev–Trinajstić information content (AvgIpc) is 2.68. The van der Waals surface area contributed by atoms with Crippen LogP contribution in [0.1, 0.15) is 64.9 Å². The lowest BCUT2D eigenvalue weighted by atomic mass is 9.69. The molecule has 3 nitrogen and oxygen atoms in total. The van der Waals surface area contributed by atoms with Crippen LogP contribution in [-0.4, -0.2) is 11.1 Å². The first-order valence-electron chi connectivity index (χ1n) is 10.3. The summed E-state index contributed by atoms with van der Waals surface area (Å²) in [5, 5.41) is 11.0. The van der Waals surface area contributed by atoms with Crippen LogP contribution in [0.3, 0.4) is 0 Å². The smallest absolute Gasteiger partial charge is 0.336 e. The second kappa shape index (κ2) is 6.91. The van der Waals surface area contributed by atoms with Crippen molar-refractivity contribution in [3.05, 3.63) is 69.8 Å². The molecule has 0 heterocycles. The zero-order chi connectivity index (χ0) is 20.9. The topological polar surface area (TPSA) is 46.5 Å². The molecule has 0 spiro atoms. The van der Waals surface area contributed by atoms with E-state index in [0.717, 1.165) is 28.7 Å². The number of carboxylic acids is 1. The van der Waals surface area contributed by atoms with Gasteiger partial charge in [-0.3, -0.25) is 0 Å². The van der Waals surface area contributed by atoms with Crippen LogP contribution in [0.5, 0.6) is 11.5 Å². The SMILES string of the molecule is Cc1c(C)c2c(c(C)c1Oc1ccc3c(C(=O)O)cccc3c1)CCCC2(C)C. The summed E-state index contributed by atoms with van der Waals surface area (Å²) < 4.78 is 6.42. The molecule has 3 heteroatoms. The Balaban J connectivity index is 1.81. The summed E-state index contributed by atoms with van der Waals surface area (Å²) in [6.07, 6.45) is 3.52. The van der Waals surface area contributed by atoms with Gasteiger partial charge < -0.3 is 9.84 Å². The maximum atomic E-state index is 11.5. The van der Waals surface area contributed by atoms with Gasteiger partial charge in [-0.25, -0.2) is 4.79 Å². The molecular formula is C26H28O3. The van der Waals surface area contributed by atoms with Crippen molar-refractivity contribution in [2.45, 2.75) is 59.3 Å². The van der Waals surface area contributed by atoms with E-state index >= 15 is 0 Å². The Bertz CT molecular complexity index is 1140. The van der Waals surface area contributed by atoms with Gasteiger partial charge in [0.2, 0.25) is 0 Å². The first kappa shape index (κ1) is 19.5. The van der Waals surface area contributed by atoms with Gasteiger partial charge in [0.15, 0.2) is 0 Å². The number of benzene rings is 3. The predicted molar refractivity (Wildman–Crippen MR) is 118 cm³/mol. The van der Waals surface area contributed by atoms with Gasteiger partial charge in [-0.05, 0) is 108 Å². The molecule has 0 radical (unpaired) electrons. The summed E-state index contributed by atoms with van der Waals surface area (Å²) >= 11 is 0. The zero-order valence-electron chi connectivity index (χ0n) is 17.8. The molecule has 0 amide bonds. The third-order valence-electron chi connectivity index (χ3n) is 6.58. The number of fused-ring (bicyclic) bond motifs is 2. The highest BCUT2D eigenvalue weighted by atomic mass is 16.5. The van der Waals surface area contributed by atoms with Crippen molar-refractivity contribution in [2.24, 2.45) is 0 Å². The Morgan fingerprint density at radius 3 is 2.52 bits per heavy atom. The molecule has 3 aromatic rings. The van der Waals surface area contributed by atoms with Gasteiger partial charge in [0.05, 0.1) is 5.56 Å². The van der Waals surface area contributed by atoms with E-state index in [4.69, 9.17) is 4.74 Å². The van der Waals surface area contributed by atoms with Crippen LogP contribution >= 0.6 is 0 Å². The summed E-state index contributed by atoms with van der Waals surface area (Å²) in [7, 11) is 0. The van der Waals surface area contributed by atoms with E-state index in [9.17, 15) is 9.90 Å². The fourth-order valence-corrected chi connectivity index (χ4v) is 5.03. The standard InChI is InChI=1S/C26H28O3/c1-15-16(2)24(17(3)20-10-7-13-26(4,5)23(15)20)29-19-11-12-21-18(14-19)8-6-9-22(21)25(27)28/h6,8-9,11-12,14H,7,10,13H2,1-5H3,(H,27,28). The minimum Gasteiger partial charge on any atom is -0.478 e. The average molecular weight is 389 g/mol. The molecule has 1 aliphatic rings. The summed E-state index contributed by atoms with van der Waals surface area (Å²) in [4.78, 5) is 11.5. The normalized spacial score (nSPS) is 15.2. The van der Waals surface area contributed by atoms with Crippen LogP contribution in [0.15, 0.2) is 36.4 Å². The number of rotatable bonds is 3. The van der Waals surface area contributed by atoms with Crippen molar-refractivity contribution in [1.82, 2.24) is 0 Å². The Kier molecular flexibility index (Phi) is 4.65. The van der Waals surface area contributed by atoms with Gasteiger partial charge in [-0.15, -0.1) is 0 Å². The molecule has 4 rings (SSSR count). The van der Waals surface area contributed by atoms with Crippen LogP contribution in [0.4, 0.5) is 0 Å². The molecule has 0 atom stereocenters. The molecule has 0 unspecified atom stereocenters. The number of hydrogen-bond donors (Lipinski definition) is 1. The lowest BCUT2D eigenvalue weighted by Gasteiger charge is -2.36. The lowest BCUT2D eigenvalue weighted by molar-refractivity contribution is 0.0699. The van der Waals surface area contributed by atoms with Gasteiger partial charge >= 0.3 is 5.97 Å². The van der Waals surface area contributed by atoms with E-state index in [2.05, 4.69) is 34.6 Å². The third kappa shape index (κ3) is 3.19. The third-order valence-corrected chi connectivity index (χ3v) is 6.58. The largest absolute Gasteiger partial charge is 0.478 e. The Hall–Kier alpha value is -2.81.